The summed E-state index contributed by atoms with van der Waals surface area (Å²) in [5, 5.41) is 3.39. The summed E-state index contributed by atoms with van der Waals surface area (Å²) in [6.07, 6.45) is 6.53. The fourth-order valence-electron chi connectivity index (χ4n) is 4.23. The van der Waals surface area contributed by atoms with Crippen molar-refractivity contribution in [3.63, 3.8) is 0 Å². The molecule has 2 aliphatic carbocycles. The maximum absolute atomic E-state index is 11.6. The third-order valence-corrected chi connectivity index (χ3v) is 5.30. The van der Waals surface area contributed by atoms with E-state index in [-0.39, 0.29) is 11.1 Å². The average Bonchev–Trinajstić information content (AvgIpc) is 3.02. The fourth-order valence-corrected chi connectivity index (χ4v) is 4.23. The number of carbonyl (C=O) groups is 1. The van der Waals surface area contributed by atoms with Crippen molar-refractivity contribution in [2.75, 3.05) is 18.5 Å². The zero-order valence-electron chi connectivity index (χ0n) is 12.1. The van der Waals surface area contributed by atoms with E-state index in [0.717, 1.165) is 13.0 Å². The van der Waals surface area contributed by atoms with Crippen LogP contribution in [0.1, 0.15) is 43.1 Å². The van der Waals surface area contributed by atoms with Crippen LogP contribution in [0.2, 0.25) is 0 Å². The molecule has 4 rings (SSSR count). The molecule has 114 valence electrons. The lowest BCUT2D eigenvalue weighted by Crippen LogP contribution is -2.68. The Morgan fingerprint density at radius 1 is 1.57 bits per heavy atom. The molecule has 1 aromatic rings. The van der Waals surface area contributed by atoms with E-state index in [0.29, 0.717) is 30.7 Å². The molecule has 3 atom stereocenters. The molecule has 0 aromatic carbocycles. The van der Waals surface area contributed by atoms with Crippen molar-refractivity contribution in [3.8, 4) is 0 Å². The second-order valence-electron chi connectivity index (χ2n) is 6.21. The Hall–Kier alpha value is -1.56. The molecule has 0 radical (unpaired) electrons. The molecule has 1 spiro atoms. The first-order chi connectivity index (χ1) is 10.2. The number of anilines is 1. The summed E-state index contributed by atoms with van der Waals surface area (Å²) < 4.78 is 16.2. The maximum atomic E-state index is 11.6. The highest BCUT2D eigenvalue weighted by atomic mass is 16.5. The summed E-state index contributed by atoms with van der Waals surface area (Å²) in [7, 11) is 0. The lowest BCUT2D eigenvalue weighted by atomic mass is 9.46. The molecule has 1 saturated heterocycles. The first-order valence-corrected chi connectivity index (χ1v) is 7.75. The minimum absolute atomic E-state index is 0.223. The van der Waals surface area contributed by atoms with Gasteiger partial charge in [-0.3, -0.25) is 0 Å². The van der Waals surface area contributed by atoms with Gasteiger partial charge in [0.15, 0.2) is 5.69 Å². The van der Waals surface area contributed by atoms with Crippen LogP contribution in [0.5, 0.6) is 0 Å². The van der Waals surface area contributed by atoms with Gasteiger partial charge in [-0.2, -0.15) is 4.98 Å². The molecule has 6 heteroatoms. The molecule has 2 saturated carbocycles. The molecule has 0 amide bonds. The van der Waals surface area contributed by atoms with Crippen molar-refractivity contribution in [1.29, 1.82) is 0 Å². The van der Waals surface area contributed by atoms with E-state index in [4.69, 9.17) is 13.9 Å². The largest absolute Gasteiger partial charge is 0.461 e. The van der Waals surface area contributed by atoms with E-state index in [1.807, 2.05) is 0 Å². The Morgan fingerprint density at radius 2 is 2.43 bits per heavy atom. The number of fused-ring (bicyclic) bond motifs is 2. The van der Waals surface area contributed by atoms with E-state index in [2.05, 4.69) is 10.3 Å². The number of carbonyl (C=O) groups excluding carboxylic acids is 1. The number of ether oxygens (including phenoxy) is 2. The number of nitrogens with zero attached hydrogens (tertiary/aromatic N) is 1. The van der Waals surface area contributed by atoms with Gasteiger partial charge in [0, 0.05) is 24.0 Å². The minimum atomic E-state index is -0.441. The number of nitrogens with one attached hydrogen (secondary N) is 1. The van der Waals surface area contributed by atoms with Crippen LogP contribution < -0.4 is 5.32 Å². The van der Waals surface area contributed by atoms with E-state index < -0.39 is 5.97 Å². The summed E-state index contributed by atoms with van der Waals surface area (Å²) in [6.45, 7) is 2.96. The van der Waals surface area contributed by atoms with Crippen LogP contribution >= 0.6 is 0 Å². The van der Waals surface area contributed by atoms with Crippen molar-refractivity contribution in [2.24, 2.45) is 11.3 Å². The van der Waals surface area contributed by atoms with Crippen molar-refractivity contribution >= 4 is 12.0 Å². The van der Waals surface area contributed by atoms with Crippen molar-refractivity contribution in [1.82, 2.24) is 4.98 Å². The van der Waals surface area contributed by atoms with Crippen LogP contribution in [0.15, 0.2) is 10.7 Å². The Bertz CT molecular complexity index is 552. The maximum Gasteiger partial charge on any atom is 0.360 e. The van der Waals surface area contributed by atoms with Crippen LogP contribution in [0.4, 0.5) is 6.01 Å². The Kier molecular flexibility index (Phi) is 2.96. The number of aromatic nitrogens is 1. The van der Waals surface area contributed by atoms with Gasteiger partial charge in [-0.05, 0) is 26.2 Å². The predicted molar refractivity (Wildman–Crippen MR) is 74.0 cm³/mol. The molecule has 3 fully saturated rings. The van der Waals surface area contributed by atoms with Crippen LogP contribution in [-0.4, -0.2) is 36.3 Å². The predicted octanol–water partition coefficient (Wildman–Crippen LogP) is 2.22. The SMILES string of the molecule is CCOC(=O)c1coc(NC2C3CCOC3C23CCC3)n1. The topological polar surface area (TPSA) is 73.6 Å². The molecule has 3 unspecified atom stereocenters. The van der Waals surface area contributed by atoms with Gasteiger partial charge in [-0.15, -0.1) is 0 Å². The van der Waals surface area contributed by atoms with Crippen molar-refractivity contribution in [3.05, 3.63) is 12.0 Å². The molecular formula is C15H20N2O4. The van der Waals surface area contributed by atoms with E-state index in [1.54, 1.807) is 6.92 Å². The highest BCUT2D eigenvalue weighted by molar-refractivity contribution is 5.87. The zero-order valence-corrected chi connectivity index (χ0v) is 12.1. The fraction of sp³-hybridized carbons (Fsp3) is 0.733. The third-order valence-electron chi connectivity index (χ3n) is 5.30. The van der Waals surface area contributed by atoms with Gasteiger partial charge in [0.05, 0.1) is 12.7 Å². The molecule has 2 heterocycles. The number of hydrogen-bond donors (Lipinski definition) is 1. The Balaban J connectivity index is 1.47. The molecular weight excluding hydrogens is 272 g/mol. The summed E-state index contributed by atoms with van der Waals surface area (Å²) >= 11 is 0. The van der Waals surface area contributed by atoms with E-state index in [9.17, 15) is 4.79 Å². The van der Waals surface area contributed by atoms with Gasteiger partial charge in [0.25, 0.3) is 6.01 Å². The van der Waals surface area contributed by atoms with Crippen molar-refractivity contribution in [2.45, 2.75) is 44.8 Å². The average molecular weight is 292 g/mol. The number of hydrogen-bond acceptors (Lipinski definition) is 6. The number of oxazole rings is 1. The van der Waals surface area contributed by atoms with E-state index in [1.165, 1.54) is 25.5 Å². The van der Waals surface area contributed by atoms with Crippen LogP contribution in [0.25, 0.3) is 0 Å². The molecule has 21 heavy (non-hydrogen) atoms. The number of esters is 1. The molecule has 3 aliphatic rings. The first kappa shape index (κ1) is 13.1. The normalized spacial score (nSPS) is 32.1. The molecule has 1 aliphatic heterocycles. The molecule has 6 nitrogen and oxygen atoms in total. The quantitative estimate of drug-likeness (QED) is 0.858. The van der Waals surface area contributed by atoms with E-state index >= 15 is 0 Å². The first-order valence-electron chi connectivity index (χ1n) is 7.75. The third kappa shape index (κ3) is 1.81. The second kappa shape index (κ2) is 4.73. The highest BCUT2D eigenvalue weighted by Crippen LogP contribution is 2.63. The zero-order chi connectivity index (χ0) is 14.4. The highest BCUT2D eigenvalue weighted by Gasteiger charge is 2.66. The minimum Gasteiger partial charge on any atom is -0.461 e. The Labute approximate surface area is 123 Å². The summed E-state index contributed by atoms with van der Waals surface area (Å²) in [4.78, 5) is 15.8. The van der Waals surface area contributed by atoms with Gasteiger partial charge >= 0.3 is 5.97 Å². The second-order valence-corrected chi connectivity index (χ2v) is 6.21. The molecule has 1 aromatic heterocycles. The molecule has 0 bridgehead atoms. The Morgan fingerprint density at radius 3 is 3.14 bits per heavy atom. The smallest absolute Gasteiger partial charge is 0.360 e. The lowest BCUT2D eigenvalue weighted by Gasteiger charge is -2.63. The van der Waals surface area contributed by atoms with Crippen LogP contribution in [0, 0.1) is 11.3 Å². The monoisotopic (exact) mass is 292 g/mol. The molecule has 1 N–H and O–H groups in total. The van der Waals surface area contributed by atoms with Gasteiger partial charge < -0.3 is 19.2 Å². The summed E-state index contributed by atoms with van der Waals surface area (Å²) in [6, 6.07) is 0.770. The summed E-state index contributed by atoms with van der Waals surface area (Å²) in [5.41, 5.74) is 0.486. The summed E-state index contributed by atoms with van der Waals surface area (Å²) in [5.74, 6) is 0.103. The van der Waals surface area contributed by atoms with Gasteiger partial charge in [-0.25, -0.2) is 4.79 Å². The van der Waals surface area contributed by atoms with Gasteiger partial charge in [-0.1, -0.05) is 6.42 Å². The van der Waals surface area contributed by atoms with Crippen LogP contribution in [-0.2, 0) is 9.47 Å². The van der Waals surface area contributed by atoms with Gasteiger partial charge in [0.1, 0.15) is 6.26 Å². The van der Waals surface area contributed by atoms with Crippen molar-refractivity contribution < 1.29 is 18.7 Å². The van der Waals surface area contributed by atoms with Gasteiger partial charge in [0.2, 0.25) is 0 Å². The standard InChI is InChI=1S/C15H20N2O4/c1-2-19-13(18)10-8-21-14(16-10)17-11-9-4-7-20-12(9)15(11)5-3-6-15/h8-9,11-12H,2-7H2,1H3,(H,16,17). The number of rotatable bonds is 4. The van der Waals surface area contributed by atoms with Crippen LogP contribution in [0.3, 0.4) is 0 Å². The lowest BCUT2D eigenvalue weighted by molar-refractivity contribution is -0.158.